The van der Waals surface area contributed by atoms with E-state index in [1.54, 1.807) is 0 Å². The minimum atomic E-state index is 0.668. The van der Waals surface area contributed by atoms with Gasteiger partial charge in [0.2, 0.25) is 0 Å². The standard InChI is InChI=1S/C12H24N2/c1-4-6-11(3)14-9-7-12(10-14)13-8-5-2/h4,11-13H,1,5-10H2,2-3H3. The third-order valence-corrected chi connectivity index (χ3v) is 3.03. The van der Waals surface area contributed by atoms with Gasteiger partial charge in [0.25, 0.3) is 0 Å². The fourth-order valence-corrected chi connectivity index (χ4v) is 2.09. The van der Waals surface area contributed by atoms with Crippen LogP contribution in [0.25, 0.3) is 0 Å². The van der Waals surface area contributed by atoms with Crippen LogP contribution < -0.4 is 5.32 Å². The third kappa shape index (κ3) is 3.43. The summed E-state index contributed by atoms with van der Waals surface area (Å²) in [5.74, 6) is 0. The number of nitrogens with one attached hydrogen (secondary N) is 1. The molecule has 0 spiro atoms. The summed E-state index contributed by atoms with van der Waals surface area (Å²) >= 11 is 0. The maximum absolute atomic E-state index is 3.80. The topological polar surface area (TPSA) is 15.3 Å². The molecule has 1 rings (SSSR count). The van der Waals surface area contributed by atoms with Crippen LogP contribution in [-0.4, -0.2) is 36.6 Å². The smallest absolute Gasteiger partial charge is 0.0207 e. The predicted molar refractivity (Wildman–Crippen MR) is 62.5 cm³/mol. The van der Waals surface area contributed by atoms with Crippen LogP contribution in [0.1, 0.15) is 33.1 Å². The molecule has 2 nitrogen and oxygen atoms in total. The first-order chi connectivity index (χ1) is 6.77. The van der Waals surface area contributed by atoms with Crippen molar-refractivity contribution < 1.29 is 0 Å². The second kappa shape index (κ2) is 6.20. The van der Waals surface area contributed by atoms with Crippen molar-refractivity contribution in [2.24, 2.45) is 0 Å². The van der Waals surface area contributed by atoms with E-state index in [4.69, 9.17) is 0 Å². The summed E-state index contributed by atoms with van der Waals surface area (Å²) < 4.78 is 0. The van der Waals surface area contributed by atoms with Crippen molar-refractivity contribution in [3.8, 4) is 0 Å². The molecule has 0 saturated carbocycles. The van der Waals surface area contributed by atoms with E-state index in [-0.39, 0.29) is 0 Å². The lowest BCUT2D eigenvalue weighted by Crippen LogP contribution is -2.36. The molecular formula is C12H24N2. The summed E-state index contributed by atoms with van der Waals surface area (Å²) in [6, 6.07) is 1.39. The van der Waals surface area contributed by atoms with Crippen molar-refractivity contribution in [1.82, 2.24) is 10.2 Å². The second-order valence-electron chi connectivity index (χ2n) is 4.31. The number of rotatable bonds is 6. The van der Waals surface area contributed by atoms with Crippen LogP contribution in [-0.2, 0) is 0 Å². The van der Waals surface area contributed by atoms with Gasteiger partial charge in [-0.15, -0.1) is 6.58 Å². The molecule has 2 atom stereocenters. The number of hydrogen-bond acceptors (Lipinski definition) is 2. The molecule has 0 aromatic carbocycles. The normalized spacial score (nSPS) is 25.1. The van der Waals surface area contributed by atoms with E-state index in [0.717, 1.165) is 19.0 Å². The van der Waals surface area contributed by atoms with Gasteiger partial charge in [-0.05, 0) is 32.7 Å². The molecule has 2 heteroatoms. The van der Waals surface area contributed by atoms with Crippen LogP contribution in [0.15, 0.2) is 12.7 Å². The second-order valence-corrected chi connectivity index (χ2v) is 4.31. The number of likely N-dealkylation sites (tertiary alicyclic amines) is 1. The molecule has 0 aliphatic carbocycles. The molecule has 0 radical (unpaired) electrons. The van der Waals surface area contributed by atoms with Crippen LogP contribution in [0.2, 0.25) is 0 Å². The van der Waals surface area contributed by atoms with Crippen molar-refractivity contribution in [3.63, 3.8) is 0 Å². The molecule has 14 heavy (non-hydrogen) atoms. The van der Waals surface area contributed by atoms with E-state index in [0.29, 0.717) is 6.04 Å². The molecule has 0 bridgehead atoms. The molecule has 1 N–H and O–H groups in total. The third-order valence-electron chi connectivity index (χ3n) is 3.03. The van der Waals surface area contributed by atoms with Gasteiger partial charge >= 0.3 is 0 Å². The average molecular weight is 196 g/mol. The number of nitrogens with zero attached hydrogens (tertiary/aromatic N) is 1. The molecule has 0 amide bonds. The van der Waals surface area contributed by atoms with Crippen LogP contribution in [0.5, 0.6) is 0 Å². The zero-order valence-electron chi connectivity index (χ0n) is 9.63. The molecule has 2 unspecified atom stereocenters. The van der Waals surface area contributed by atoms with Gasteiger partial charge in [0.1, 0.15) is 0 Å². The molecule has 1 aliphatic rings. The summed E-state index contributed by atoms with van der Waals surface area (Å²) in [7, 11) is 0. The van der Waals surface area contributed by atoms with Gasteiger partial charge in [0.05, 0.1) is 0 Å². The molecule has 1 aliphatic heterocycles. The highest BCUT2D eigenvalue weighted by Gasteiger charge is 2.24. The van der Waals surface area contributed by atoms with E-state index in [1.165, 1.54) is 25.9 Å². The minimum absolute atomic E-state index is 0.668. The van der Waals surface area contributed by atoms with Gasteiger partial charge in [0.15, 0.2) is 0 Å². The van der Waals surface area contributed by atoms with Crippen molar-refractivity contribution >= 4 is 0 Å². The molecule has 0 aromatic heterocycles. The molecule has 1 fully saturated rings. The fourth-order valence-electron chi connectivity index (χ4n) is 2.09. The Labute approximate surface area is 88.4 Å². The maximum atomic E-state index is 3.80. The molecule has 82 valence electrons. The Balaban J connectivity index is 2.22. The SMILES string of the molecule is C=CCC(C)N1CCC(NCCC)C1. The predicted octanol–water partition coefficient (Wildman–Crippen LogP) is 2.02. The summed E-state index contributed by atoms with van der Waals surface area (Å²) in [5.41, 5.74) is 0. The zero-order valence-corrected chi connectivity index (χ0v) is 9.63. The lowest BCUT2D eigenvalue weighted by molar-refractivity contribution is 0.253. The highest BCUT2D eigenvalue weighted by Crippen LogP contribution is 2.14. The van der Waals surface area contributed by atoms with E-state index in [9.17, 15) is 0 Å². The Morgan fingerprint density at radius 1 is 1.64 bits per heavy atom. The van der Waals surface area contributed by atoms with E-state index in [2.05, 4.69) is 30.6 Å². The Morgan fingerprint density at radius 3 is 3.07 bits per heavy atom. The first-order valence-corrected chi connectivity index (χ1v) is 5.86. The first-order valence-electron chi connectivity index (χ1n) is 5.86. The highest BCUT2D eigenvalue weighted by atomic mass is 15.2. The fraction of sp³-hybridized carbons (Fsp3) is 0.833. The van der Waals surface area contributed by atoms with E-state index in [1.807, 2.05) is 6.08 Å². The van der Waals surface area contributed by atoms with Gasteiger partial charge in [-0.25, -0.2) is 0 Å². The molecule has 1 heterocycles. The highest BCUT2D eigenvalue weighted by molar-refractivity contribution is 4.86. The van der Waals surface area contributed by atoms with Crippen LogP contribution in [0.3, 0.4) is 0 Å². The lowest BCUT2D eigenvalue weighted by Gasteiger charge is -2.23. The Kier molecular flexibility index (Phi) is 5.20. The molecule has 0 aromatic rings. The largest absolute Gasteiger partial charge is 0.313 e. The van der Waals surface area contributed by atoms with Crippen LogP contribution in [0, 0.1) is 0 Å². The zero-order chi connectivity index (χ0) is 10.4. The van der Waals surface area contributed by atoms with Gasteiger partial charge in [-0.1, -0.05) is 13.0 Å². The monoisotopic (exact) mass is 196 g/mol. The quantitative estimate of drug-likeness (QED) is 0.654. The Bertz CT molecular complexity index is 168. The summed E-state index contributed by atoms with van der Waals surface area (Å²) in [5, 5.41) is 3.59. The van der Waals surface area contributed by atoms with Gasteiger partial charge < -0.3 is 5.32 Å². The molecular weight excluding hydrogens is 172 g/mol. The van der Waals surface area contributed by atoms with Gasteiger partial charge in [-0.3, -0.25) is 4.90 Å². The van der Waals surface area contributed by atoms with Crippen molar-refractivity contribution in [1.29, 1.82) is 0 Å². The summed E-state index contributed by atoms with van der Waals surface area (Å²) in [6.45, 7) is 11.9. The van der Waals surface area contributed by atoms with Crippen LogP contribution in [0.4, 0.5) is 0 Å². The Morgan fingerprint density at radius 2 is 2.43 bits per heavy atom. The Hall–Kier alpha value is -0.340. The lowest BCUT2D eigenvalue weighted by atomic mass is 10.2. The van der Waals surface area contributed by atoms with E-state index < -0.39 is 0 Å². The van der Waals surface area contributed by atoms with Crippen LogP contribution >= 0.6 is 0 Å². The van der Waals surface area contributed by atoms with Crippen molar-refractivity contribution in [3.05, 3.63) is 12.7 Å². The van der Waals surface area contributed by atoms with Gasteiger partial charge in [0, 0.05) is 25.2 Å². The summed E-state index contributed by atoms with van der Waals surface area (Å²) in [4.78, 5) is 2.56. The maximum Gasteiger partial charge on any atom is 0.0207 e. The van der Waals surface area contributed by atoms with Gasteiger partial charge in [-0.2, -0.15) is 0 Å². The average Bonchev–Trinajstić information content (AvgIpc) is 2.63. The van der Waals surface area contributed by atoms with E-state index >= 15 is 0 Å². The summed E-state index contributed by atoms with van der Waals surface area (Å²) in [6.07, 6.45) is 5.68. The van der Waals surface area contributed by atoms with Crippen molar-refractivity contribution in [2.75, 3.05) is 19.6 Å². The van der Waals surface area contributed by atoms with Crippen molar-refractivity contribution in [2.45, 2.75) is 45.2 Å². The minimum Gasteiger partial charge on any atom is -0.313 e. The first kappa shape index (κ1) is 11.7. The molecule has 1 saturated heterocycles. The number of hydrogen-bond donors (Lipinski definition) is 1.